The first-order valence-electron chi connectivity index (χ1n) is 6.99. The second-order valence-corrected chi connectivity index (χ2v) is 5.08. The Labute approximate surface area is 133 Å². The lowest BCUT2D eigenvalue weighted by Gasteiger charge is -2.29. The maximum atomic E-state index is 12.3. The van der Waals surface area contributed by atoms with E-state index in [0.29, 0.717) is 22.9 Å². The van der Waals surface area contributed by atoms with E-state index in [-0.39, 0.29) is 12.1 Å². The number of benzene rings is 1. The summed E-state index contributed by atoms with van der Waals surface area (Å²) < 4.78 is 5.68. The molecule has 1 amide bonds. The van der Waals surface area contributed by atoms with Gasteiger partial charge in [-0.3, -0.25) is 10.2 Å². The van der Waals surface area contributed by atoms with Crippen molar-refractivity contribution in [2.45, 2.75) is 13.5 Å². The number of nitrogens with zero attached hydrogens (tertiary/aromatic N) is 3. The van der Waals surface area contributed by atoms with Gasteiger partial charge in [-0.2, -0.15) is 5.26 Å². The van der Waals surface area contributed by atoms with Gasteiger partial charge in [-0.25, -0.2) is 9.99 Å². The number of carbonyl (C=O) groups excluding carboxylic acids is 1. The van der Waals surface area contributed by atoms with Crippen LogP contribution < -0.4 is 5.43 Å². The maximum absolute atomic E-state index is 12.3. The van der Waals surface area contributed by atoms with Gasteiger partial charge in [0.1, 0.15) is 18.2 Å². The van der Waals surface area contributed by atoms with E-state index >= 15 is 0 Å². The monoisotopic (exact) mass is 306 g/mol. The molecule has 0 atom stereocenters. The van der Waals surface area contributed by atoms with Crippen LogP contribution in [0.25, 0.3) is 11.3 Å². The third-order valence-corrected chi connectivity index (χ3v) is 3.57. The number of rotatable bonds is 3. The number of carbonyl (C=O) groups is 1. The number of hydrogen-bond donors (Lipinski definition) is 1. The molecule has 6 nitrogen and oxygen atoms in total. The zero-order valence-corrected chi connectivity index (χ0v) is 12.5. The minimum atomic E-state index is -0.420. The molecule has 1 N–H and O–H groups in total. The number of nitrogens with one attached hydrogen (secondary N) is 1. The van der Waals surface area contributed by atoms with Crippen LogP contribution in [0.2, 0.25) is 0 Å². The average Bonchev–Trinajstić information content (AvgIpc) is 3.03. The summed E-state index contributed by atoms with van der Waals surface area (Å²) in [5.41, 5.74) is 4.89. The van der Waals surface area contributed by atoms with Crippen molar-refractivity contribution in [3.05, 3.63) is 65.8 Å². The van der Waals surface area contributed by atoms with Gasteiger partial charge in [-0.05, 0) is 12.5 Å². The molecule has 1 aromatic heterocycles. The molecule has 114 valence electrons. The molecular weight excluding hydrogens is 292 g/mol. The van der Waals surface area contributed by atoms with E-state index in [1.807, 2.05) is 36.4 Å². The van der Waals surface area contributed by atoms with Gasteiger partial charge in [0.25, 0.3) is 5.91 Å². The van der Waals surface area contributed by atoms with Gasteiger partial charge in [-0.15, -0.1) is 0 Å². The maximum Gasteiger partial charge on any atom is 0.283 e. The summed E-state index contributed by atoms with van der Waals surface area (Å²) in [7, 11) is 0. The molecule has 0 fully saturated rings. The average molecular weight is 306 g/mol. The summed E-state index contributed by atoms with van der Waals surface area (Å²) in [6.07, 6.45) is 1.61. The Morgan fingerprint density at radius 2 is 2.13 bits per heavy atom. The molecule has 0 spiro atoms. The van der Waals surface area contributed by atoms with Gasteiger partial charge < -0.3 is 4.42 Å². The third-order valence-electron chi connectivity index (χ3n) is 3.57. The van der Waals surface area contributed by atoms with Crippen molar-refractivity contribution in [2.75, 3.05) is 0 Å². The summed E-state index contributed by atoms with van der Waals surface area (Å²) in [5, 5.41) is 10.4. The Bertz CT molecular complexity index is 843. The highest BCUT2D eigenvalue weighted by Crippen LogP contribution is 2.23. The van der Waals surface area contributed by atoms with Gasteiger partial charge in [-0.1, -0.05) is 36.9 Å². The lowest BCUT2D eigenvalue weighted by atomic mass is 10.1. The summed E-state index contributed by atoms with van der Waals surface area (Å²) in [6, 6.07) is 11.5. The van der Waals surface area contributed by atoms with Crippen LogP contribution >= 0.6 is 0 Å². The lowest BCUT2D eigenvalue weighted by Crippen LogP contribution is -2.46. The number of hydrazine groups is 1. The Balaban J connectivity index is 1.81. The van der Waals surface area contributed by atoms with Crippen molar-refractivity contribution >= 4 is 5.91 Å². The predicted molar refractivity (Wildman–Crippen MR) is 83.1 cm³/mol. The van der Waals surface area contributed by atoms with Crippen LogP contribution in [0.15, 0.2) is 64.4 Å². The van der Waals surface area contributed by atoms with Gasteiger partial charge in [0.2, 0.25) is 5.89 Å². The van der Waals surface area contributed by atoms with Crippen LogP contribution in [0.4, 0.5) is 0 Å². The largest absolute Gasteiger partial charge is 0.439 e. The Morgan fingerprint density at radius 3 is 2.83 bits per heavy atom. The van der Waals surface area contributed by atoms with Crippen LogP contribution in [0.3, 0.4) is 0 Å². The van der Waals surface area contributed by atoms with Gasteiger partial charge in [0.15, 0.2) is 5.76 Å². The molecule has 0 aliphatic carbocycles. The number of aromatic nitrogens is 1. The highest BCUT2D eigenvalue weighted by atomic mass is 16.4. The zero-order valence-electron chi connectivity index (χ0n) is 12.5. The molecule has 2 aromatic rings. The van der Waals surface area contributed by atoms with Crippen LogP contribution in [-0.2, 0) is 11.3 Å². The van der Waals surface area contributed by atoms with Crippen LogP contribution in [0, 0.1) is 11.3 Å². The number of allylic oxidation sites excluding steroid dienone is 1. The van der Waals surface area contributed by atoms with Crippen molar-refractivity contribution in [3.63, 3.8) is 0 Å². The lowest BCUT2D eigenvalue weighted by molar-refractivity contribution is -0.130. The Morgan fingerprint density at radius 1 is 1.39 bits per heavy atom. The fourth-order valence-electron chi connectivity index (χ4n) is 2.24. The fourth-order valence-corrected chi connectivity index (χ4v) is 2.24. The summed E-state index contributed by atoms with van der Waals surface area (Å²) >= 11 is 0. The van der Waals surface area contributed by atoms with E-state index in [0.717, 1.165) is 5.56 Å². The molecule has 1 aliphatic heterocycles. The number of amides is 1. The number of nitriles is 1. The Hall–Kier alpha value is -3.33. The molecule has 6 heteroatoms. The van der Waals surface area contributed by atoms with Crippen LogP contribution in [0.5, 0.6) is 0 Å². The summed E-state index contributed by atoms with van der Waals surface area (Å²) in [5.74, 6) is 0.572. The van der Waals surface area contributed by atoms with E-state index in [2.05, 4.69) is 17.0 Å². The molecule has 0 saturated heterocycles. The van der Waals surface area contributed by atoms with Crippen molar-refractivity contribution in [2.24, 2.45) is 0 Å². The quantitative estimate of drug-likeness (QED) is 0.942. The van der Waals surface area contributed by atoms with Crippen molar-refractivity contribution in [3.8, 4) is 17.4 Å². The van der Waals surface area contributed by atoms with E-state index in [1.54, 1.807) is 13.1 Å². The standard InChI is InChI=1S/C17H14N4O2/c1-11-12(2)20-21(17(22)14(11)8-18)10-16-19-9-15(23-16)13-6-4-3-5-7-13/h3-7,9,20H,2,10H2,1H3. The minimum Gasteiger partial charge on any atom is -0.439 e. The zero-order chi connectivity index (χ0) is 16.4. The normalized spacial score (nSPS) is 14.7. The minimum absolute atomic E-state index is 0.0728. The predicted octanol–water partition coefficient (Wildman–Crippen LogP) is 2.54. The molecule has 0 unspecified atom stereocenters. The molecule has 23 heavy (non-hydrogen) atoms. The number of oxazole rings is 1. The van der Waals surface area contributed by atoms with Crippen molar-refractivity contribution in [1.29, 1.82) is 5.26 Å². The van der Waals surface area contributed by atoms with Crippen molar-refractivity contribution in [1.82, 2.24) is 15.4 Å². The second-order valence-electron chi connectivity index (χ2n) is 5.08. The van der Waals surface area contributed by atoms with Gasteiger partial charge >= 0.3 is 0 Å². The molecular formula is C17H14N4O2. The first-order valence-corrected chi connectivity index (χ1v) is 6.99. The van der Waals surface area contributed by atoms with E-state index < -0.39 is 5.91 Å². The third kappa shape index (κ3) is 2.72. The molecule has 1 aromatic carbocycles. The van der Waals surface area contributed by atoms with Crippen LogP contribution in [0.1, 0.15) is 12.8 Å². The topological polar surface area (TPSA) is 82.2 Å². The summed E-state index contributed by atoms with van der Waals surface area (Å²) in [4.78, 5) is 16.5. The first-order chi connectivity index (χ1) is 11.1. The summed E-state index contributed by atoms with van der Waals surface area (Å²) in [6.45, 7) is 5.59. The van der Waals surface area contributed by atoms with Crippen molar-refractivity contribution < 1.29 is 9.21 Å². The second kappa shape index (κ2) is 5.81. The van der Waals surface area contributed by atoms with E-state index in [1.165, 1.54) is 5.01 Å². The smallest absolute Gasteiger partial charge is 0.283 e. The molecule has 0 bridgehead atoms. The number of hydrogen-bond acceptors (Lipinski definition) is 5. The van der Waals surface area contributed by atoms with Crippen LogP contribution in [-0.4, -0.2) is 15.9 Å². The first kappa shape index (κ1) is 14.6. The fraction of sp³-hybridized carbons (Fsp3) is 0.118. The van der Waals surface area contributed by atoms with Gasteiger partial charge in [0.05, 0.1) is 11.9 Å². The molecule has 1 aliphatic rings. The SMILES string of the molecule is C=C1NN(Cc2ncc(-c3ccccc3)o2)C(=O)C(C#N)=C1C. The van der Waals surface area contributed by atoms with E-state index in [4.69, 9.17) is 9.68 Å². The Kier molecular flexibility index (Phi) is 3.69. The highest BCUT2D eigenvalue weighted by Gasteiger charge is 2.28. The molecule has 2 heterocycles. The molecule has 0 radical (unpaired) electrons. The highest BCUT2D eigenvalue weighted by molar-refractivity contribution is 5.99. The van der Waals surface area contributed by atoms with E-state index in [9.17, 15) is 4.79 Å². The molecule has 0 saturated carbocycles. The van der Waals surface area contributed by atoms with Gasteiger partial charge in [0, 0.05) is 5.56 Å². The molecule has 3 rings (SSSR count).